The summed E-state index contributed by atoms with van der Waals surface area (Å²) in [5.41, 5.74) is 1.16. The number of piperidine rings is 1. The number of aromatic amines is 1. The van der Waals surface area contributed by atoms with Crippen molar-refractivity contribution in [3.63, 3.8) is 0 Å². The Kier molecular flexibility index (Phi) is 6.00. The summed E-state index contributed by atoms with van der Waals surface area (Å²) in [7, 11) is 0. The number of nitrogens with zero attached hydrogens (tertiary/aromatic N) is 2. The Morgan fingerprint density at radius 3 is 2.90 bits per heavy atom. The van der Waals surface area contributed by atoms with Gasteiger partial charge in [-0.3, -0.25) is 19.4 Å². The molecular weight excluding hydrogens is 418 g/mol. The second kappa shape index (κ2) is 8.70. The number of amides is 2. The monoisotopic (exact) mass is 443 g/mol. The van der Waals surface area contributed by atoms with E-state index >= 15 is 0 Å². The van der Waals surface area contributed by atoms with Crippen LogP contribution in [0.4, 0.5) is 17.5 Å². The van der Waals surface area contributed by atoms with Gasteiger partial charge >= 0.3 is 0 Å². The fourth-order valence-electron chi connectivity index (χ4n) is 4.37. The molecule has 164 valence electrons. The Labute approximate surface area is 185 Å². The smallest absolute Gasteiger partial charge is 0.258 e. The van der Waals surface area contributed by atoms with Crippen molar-refractivity contribution >= 4 is 40.9 Å². The number of hydrogen-bond acceptors (Lipinski definition) is 5. The van der Waals surface area contributed by atoms with Gasteiger partial charge in [0.2, 0.25) is 17.8 Å². The average Bonchev–Trinajstić information content (AvgIpc) is 2.75. The van der Waals surface area contributed by atoms with Gasteiger partial charge in [-0.2, -0.15) is 4.98 Å². The van der Waals surface area contributed by atoms with Gasteiger partial charge in [0.25, 0.3) is 5.56 Å². The Balaban J connectivity index is 1.67. The van der Waals surface area contributed by atoms with E-state index in [2.05, 4.69) is 32.4 Å². The number of aromatic nitrogens is 2. The van der Waals surface area contributed by atoms with Gasteiger partial charge in [0.1, 0.15) is 5.82 Å². The molecule has 1 aromatic carbocycles. The molecule has 0 saturated carbocycles. The van der Waals surface area contributed by atoms with Gasteiger partial charge in [-0.05, 0) is 50.3 Å². The molecule has 2 atom stereocenters. The zero-order chi connectivity index (χ0) is 22.1. The maximum atomic E-state index is 13.1. The number of carbonyl (C=O) groups excluding carboxylic acids is 2. The number of fused-ring (bicyclic) bond motifs is 1. The van der Waals surface area contributed by atoms with E-state index in [9.17, 15) is 14.4 Å². The van der Waals surface area contributed by atoms with Crippen LogP contribution in [0.5, 0.6) is 0 Å². The third-order valence-electron chi connectivity index (χ3n) is 6.08. The number of aryl methyl sites for hydroxylation is 1. The van der Waals surface area contributed by atoms with Crippen LogP contribution in [-0.2, 0) is 9.59 Å². The lowest BCUT2D eigenvalue weighted by molar-refractivity contribution is -0.123. The maximum Gasteiger partial charge on any atom is 0.258 e. The number of rotatable bonds is 4. The highest BCUT2D eigenvalue weighted by Crippen LogP contribution is 2.32. The summed E-state index contributed by atoms with van der Waals surface area (Å²) in [6.45, 7) is 4.75. The van der Waals surface area contributed by atoms with Gasteiger partial charge in [-0.25, -0.2) is 0 Å². The van der Waals surface area contributed by atoms with E-state index in [-0.39, 0.29) is 23.7 Å². The molecule has 3 N–H and O–H groups in total. The first-order chi connectivity index (χ1) is 14.9. The summed E-state index contributed by atoms with van der Waals surface area (Å²) in [6, 6.07) is 5.46. The van der Waals surface area contributed by atoms with Gasteiger partial charge in [-0.1, -0.05) is 24.6 Å². The lowest BCUT2D eigenvalue weighted by atomic mass is 9.92. The minimum atomic E-state index is -0.934. The first-order valence-corrected chi connectivity index (χ1v) is 11.0. The van der Waals surface area contributed by atoms with Gasteiger partial charge in [0.15, 0.2) is 0 Å². The largest absolute Gasteiger partial charge is 0.339 e. The molecule has 0 unspecified atom stereocenters. The van der Waals surface area contributed by atoms with Crippen LogP contribution in [0.15, 0.2) is 23.0 Å². The molecule has 8 nitrogen and oxygen atoms in total. The molecule has 0 aliphatic carbocycles. The Bertz CT molecular complexity index is 1080. The standard InChI is InChI=1S/C22H26ClN5O3/c1-3-14-6-4-5-9-28(14)22-26-19-18(21(31)27-22)15(11-17(29)25-19)20(30)24-16-10-13(23)8-7-12(16)2/h7-8,10,14-15H,3-6,9,11H2,1-2H3,(H,24,30)(H2,25,26,27,29,31)/t14-,15+/m0/s1. The minimum absolute atomic E-state index is 0.121. The molecular formula is C22H26ClN5O3. The molecule has 2 aliphatic heterocycles. The van der Waals surface area contributed by atoms with E-state index in [0.29, 0.717) is 22.7 Å². The molecule has 1 saturated heterocycles. The number of H-pyrrole nitrogens is 1. The first kappa shape index (κ1) is 21.4. The van der Waals surface area contributed by atoms with Crippen LogP contribution in [0.3, 0.4) is 0 Å². The van der Waals surface area contributed by atoms with Crippen molar-refractivity contribution in [3.8, 4) is 0 Å². The van der Waals surface area contributed by atoms with E-state index < -0.39 is 17.4 Å². The highest BCUT2D eigenvalue weighted by molar-refractivity contribution is 6.31. The van der Waals surface area contributed by atoms with Crippen LogP contribution in [-0.4, -0.2) is 34.4 Å². The van der Waals surface area contributed by atoms with Crippen molar-refractivity contribution in [2.75, 3.05) is 22.1 Å². The van der Waals surface area contributed by atoms with Crippen LogP contribution in [0, 0.1) is 6.92 Å². The number of carbonyl (C=O) groups is 2. The number of halogens is 1. The van der Waals surface area contributed by atoms with E-state index in [1.807, 2.05) is 6.92 Å². The number of nitrogens with one attached hydrogen (secondary N) is 3. The Hall–Kier alpha value is -2.87. The molecule has 3 heterocycles. The van der Waals surface area contributed by atoms with Crippen LogP contribution in [0.2, 0.25) is 5.02 Å². The molecule has 2 aliphatic rings. The third-order valence-corrected chi connectivity index (χ3v) is 6.32. The van der Waals surface area contributed by atoms with Crippen LogP contribution in [0.1, 0.15) is 56.1 Å². The summed E-state index contributed by atoms with van der Waals surface area (Å²) in [6.07, 6.45) is 4.02. The van der Waals surface area contributed by atoms with Gasteiger partial charge in [0.05, 0.1) is 11.5 Å². The zero-order valence-electron chi connectivity index (χ0n) is 17.6. The molecule has 1 fully saturated rings. The summed E-state index contributed by atoms with van der Waals surface area (Å²) >= 11 is 6.05. The molecule has 0 spiro atoms. The Morgan fingerprint density at radius 1 is 1.32 bits per heavy atom. The predicted octanol–water partition coefficient (Wildman–Crippen LogP) is 3.57. The minimum Gasteiger partial charge on any atom is -0.339 e. The molecule has 0 bridgehead atoms. The molecule has 1 aromatic heterocycles. The molecule has 2 amide bonds. The van der Waals surface area contributed by atoms with E-state index in [1.54, 1.807) is 18.2 Å². The Morgan fingerprint density at radius 2 is 2.13 bits per heavy atom. The summed E-state index contributed by atoms with van der Waals surface area (Å²) in [5.74, 6) is -1.10. The quantitative estimate of drug-likeness (QED) is 0.669. The first-order valence-electron chi connectivity index (χ1n) is 10.6. The van der Waals surface area contributed by atoms with Gasteiger partial charge < -0.3 is 15.5 Å². The van der Waals surface area contributed by atoms with Crippen molar-refractivity contribution in [3.05, 3.63) is 44.7 Å². The molecule has 9 heteroatoms. The fourth-order valence-corrected chi connectivity index (χ4v) is 4.54. The average molecular weight is 444 g/mol. The second-order valence-corrected chi connectivity index (χ2v) is 8.59. The SMILES string of the molecule is CC[C@H]1CCCCN1c1nc2c(c(=O)[nH]1)[C@H](C(=O)Nc1cc(Cl)ccc1C)CC(=O)N2. The number of anilines is 3. The van der Waals surface area contributed by atoms with Crippen molar-refractivity contribution in [2.24, 2.45) is 0 Å². The molecule has 0 radical (unpaired) electrons. The summed E-state index contributed by atoms with van der Waals surface area (Å²) in [4.78, 5) is 48.0. The van der Waals surface area contributed by atoms with E-state index in [0.717, 1.165) is 37.8 Å². The highest BCUT2D eigenvalue weighted by Gasteiger charge is 2.36. The fraction of sp³-hybridized carbons (Fsp3) is 0.455. The van der Waals surface area contributed by atoms with Crippen LogP contribution in [0.25, 0.3) is 0 Å². The topological polar surface area (TPSA) is 107 Å². The van der Waals surface area contributed by atoms with Crippen molar-refractivity contribution in [2.45, 2.75) is 57.9 Å². The zero-order valence-corrected chi connectivity index (χ0v) is 18.4. The van der Waals surface area contributed by atoms with E-state index in [4.69, 9.17) is 11.6 Å². The summed E-state index contributed by atoms with van der Waals surface area (Å²) < 4.78 is 0. The second-order valence-electron chi connectivity index (χ2n) is 8.16. The molecule has 31 heavy (non-hydrogen) atoms. The maximum absolute atomic E-state index is 13.1. The predicted molar refractivity (Wildman–Crippen MR) is 121 cm³/mol. The molecule has 2 aromatic rings. The highest BCUT2D eigenvalue weighted by atomic mass is 35.5. The normalized spacial score (nSPS) is 20.7. The lowest BCUT2D eigenvalue weighted by Gasteiger charge is -2.36. The third kappa shape index (κ3) is 4.30. The number of hydrogen-bond donors (Lipinski definition) is 3. The van der Waals surface area contributed by atoms with Gasteiger partial charge in [0, 0.05) is 29.7 Å². The van der Waals surface area contributed by atoms with Crippen molar-refractivity contribution in [1.29, 1.82) is 0 Å². The lowest BCUT2D eigenvalue weighted by Crippen LogP contribution is -2.43. The van der Waals surface area contributed by atoms with E-state index in [1.165, 1.54) is 0 Å². The van der Waals surface area contributed by atoms with Crippen LogP contribution >= 0.6 is 11.6 Å². The molecule has 4 rings (SSSR count). The van der Waals surface area contributed by atoms with Gasteiger partial charge in [-0.15, -0.1) is 0 Å². The van der Waals surface area contributed by atoms with Crippen LogP contribution < -0.4 is 21.1 Å². The van der Waals surface area contributed by atoms with Crippen molar-refractivity contribution in [1.82, 2.24) is 9.97 Å². The van der Waals surface area contributed by atoms with Crippen molar-refractivity contribution < 1.29 is 9.59 Å². The number of benzene rings is 1. The summed E-state index contributed by atoms with van der Waals surface area (Å²) in [5, 5.41) is 5.98.